The molecule has 2 heterocycles. The van der Waals surface area contributed by atoms with E-state index in [4.69, 9.17) is 5.11 Å². The molecule has 1 N–H and O–H groups in total. The topological polar surface area (TPSA) is 43.8 Å². The van der Waals surface area contributed by atoms with Crippen LogP contribution in [0.4, 0.5) is 5.69 Å². The number of aromatic carboxylic acids is 1. The van der Waals surface area contributed by atoms with Crippen molar-refractivity contribution in [2.45, 2.75) is 6.54 Å². The molecule has 1 aromatic heterocycles. The number of carboxylic acids is 1. The van der Waals surface area contributed by atoms with Crippen molar-refractivity contribution in [1.29, 1.82) is 0 Å². The van der Waals surface area contributed by atoms with Crippen molar-refractivity contribution in [3.63, 3.8) is 0 Å². The maximum Gasteiger partial charge on any atom is 0.345 e. The largest absolute Gasteiger partial charge is 0.477 e. The van der Waals surface area contributed by atoms with Gasteiger partial charge in [0.1, 0.15) is 4.88 Å². The zero-order valence-corrected chi connectivity index (χ0v) is 12.6. The molecule has 0 saturated carbocycles. The summed E-state index contributed by atoms with van der Waals surface area (Å²) in [4.78, 5) is 17.2. The maximum atomic E-state index is 10.9. The van der Waals surface area contributed by atoms with Crippen molar-refractivity contribution in [3.8, 4) is 0 Å². The number of thiophene rings is 1. The highest BCUT2D eigenvalue weighted by atomic mass is 32.1. The van der Waals surface area contributed by atoms with Crippen molar-refractivity contribution in [2.24, 2.45) is 0 Å². The van der Waals surface area contributed by atoms with E-state index in [1.807, 2.05) is 12.1 Å². The van der Waals surface area contributed by atoms with E-state index in [9.17, 15) is 4.79 Å². The van der Waals surface area contributed by atoms with Crippen LogP contribution in [-0.2, 0) is 6.54 Å². The third-order valence-electron chi connectivity index (χ3n) is 3.75. The van der Waals surface area contributed by atoms with E-state index in [-0.39, 0.29) is 0 Å². The van der Waals surface area contributed by atoms with E-state index in [1.54, 1.807) is 6.07 Å². The standard InChI is InChI=1S/C16H18N2O2S/c19-16(20)15-7-6-14(21-15)12-17-8-10-18(11-9-17)13-4-2-1-3-5-13/h1-7H,8-12H2,(H,19,20). The van der Waals surface area contributed by atoms with Gasteiger partial charge in [0.2, 0.25) is 0 Å². The van der Waals surface area contributed by atoms with Gasteiger partial charge in [-0.1, -0.05) is 18.2 Å². The lowest BCUT2D eigenvalue weighted by atomic mass is 10.2. The predicted molar refractivity (Wildman–Crippen MR) is 85.2 cm³/mol. The number of piperazine rings is 1. The number of hydrogen-bond donors (Lipinski definition) is 1. The summed E-state index contributed by atoms with van der Waals surface area (Å²) in [5, 5.41) is 8.95. The smallest absolute Gasteiger partial charge is 0.345 e. The van der Waals surface area contributed by atoms with Crippen LogP contribution in [0, 0.1) is 0 Å². The Labute approximate surface area is 128 Å². The van der Waals surface area contributed by atoms with Gasteiger partial charge in [-0.05, 0) is 24.3 Å². The highest BCUT2D eigenvalue weighted by molar-refractivity contribution is 7.13. The van der Waals surface area contributed by atoms with Gasteiger partial charge in [0.25, 0.3) is 0 Å². The Morgan fingerprint density at radius 2 is 1.76 bits per heavy atom. The molecule has 1 fully saturated rings. The molecule has 0 spiro atoms. The van der Waals surface area contributed by atoms with Crippen molar-refractivity contribution in [3.05, 3.63) is 52.2 Å². The fraction of sp³-hybridized carbons (Fsp3) is 0.312. The van der Waals surface area contributed by atoms with Crippen LogP contribution in [0.25, 0.3) is 0 Å². The minimum absolute atomic E-state index is 0.424. The summed E-state index contributed by atoms with van der Waals surface area (Å²) >= 11 is 1.38. The van der Waals surface area contributed by atoms with Gasteiger partial charge in [-0.15, -0.1) is 11.3 Å². The van der Waals surface area contributed by atoms with E-state index in [2.05, 4.69) is 34.1 Å². The molecule has 4 nitrogen and oxygen atoms in total. The molecule has 1 saturated heterocycles. The number of nitrogens with zero attached hydrogens (tertiary/aromatic N) is 2. The Bertz CT molecular complexity index is 604. The van der Waals surface area contributed by atoms with Gasteiger partial charge in [-0.3, -0.25) is 4.90 Å². The summed E-state index contributed by atoms with van der Waals surface area (Å²) in [6.07, 6.45) is 0. The fourth-order valence-corrected chi connectivity index (χ4v) is 3.49. The van der Waals surface area contributed by atoms with Gasteiger partial charge in [-0.2, -0.15) is 0 Å². The number of hydrogen-bond acceptors (Lipinski definition) is 4. The first kappa shape index (κ1) is 14.1. The minimum atomic E-state index is -0.833. The van der Waals surface area contributed by atoms with Crippen LogP contribution in [0.15, 0.2) is 42.5 Å². The molecule has 0 radical (unpaired) electrons. The van der Waals surface area contributed by atoms with Crippen molar-refractivity contribution < 1.29 is 9.90 Å². The molecule has 0 bridgehead atoms. The normalized spacial score (nSPS) is 16.1. The van der Waals surface area contributed by atoms with E-state index >= 15 is 0 Å². The third kappa shape index (κ3) is 3.43. The lowest BCUT2D eigenvalue weighted by Gasteiger charge is -2.35. The molecule has 0 aliphatic carbocycles. The third-order valence-corrected chi connectivity index (χ3v) is 4.80. The van der Waals surface area contributed by atoms with Crippen LogP contribution in [0.5, 0.6) is 0 Å². The van der Waals surface area contributed by atoms with Crippen LogP contribution in [-0.4, -0.2) is 42.2 Å². The molecule has 5 heteroatoms. The summed E-state index contributed by atoms with van der Waals surface area (Å²) in [7, 11) is 0. The van der Waals surface area contributed by atoms with Crippen LogP contribution in [0.1, 0.15) is 14.5 Å². The Kier molecular flexibility index (Phi) is 4.22. The lowest BCUT2D eigenvalue weighted by molar-refractivity contribution is 0.0702. The highest BCUT2D eigenvalue weighted by Gasteiger charge is 2.18. The first-order valence-electron chi connectivity index (χ1n) is 7.07. The van der Waals surface area contributed by atoms with Gasteiger partial charge in [0.05, 0.1) is 0 Å². The van der Waals surface area contributed by atoms with Gasteiger partial charge < -0.3 is 10.0 Å². The van der Waals surface area contributed by atoms with Crippen molar-refractivity contribution >= 4 is 23.0 Å². The molecule has 0 amide bonds. The zero-order chi connectivity index (χ0) is 14.7. The molecular weight excluding hydrogens is 284 g/mol. The Hall–Kier alpha value is -1.85. The first-order valence-corrected chi connectivity index (χ1v) is 7.88. The summed E-state index contributed by atoms with van der Waals surface area (Å²) in [5.41, 5.74) is 1.28. The van der Waals surface area contributed by atoms with E-state index < -0.39 is 5.97 Å². The molecule has 1 aromatic carbocycles. The van der Waals surface area contributed by atoms with Gasteiger partial charge in [0, 0.05) is 43.3 Å². The van der Waals surface area contributed by atoms with Crippen LogP contribution < -0.4 is 4.90 Å². The van der Waals surface area contributed by atoms with Crippen molar-refractivity contribution in [2.75, 3.05) is 31.1 Å². The molecule has 1 aliphatic heterocycles. The zero-order valence-electron chi connectivity index (χ0n) is 11.7. The first-order chi connectivity index (χ1) is 10.2. The van der Waals surface area contributed by atoms with Crippen LogP contribution in [0.3, 0.4) is 0 Å². The number of para-hydroxylation sites is 1. The van der Waals surface area contributed by atoms with Crippen LogP contribution in [0.2, 0.25) is 0 Å². The maximum absolute atomic E-state index is 10.9. The summed E-state index contributed by atoms with van der Waals surface area (Å²) in [5.74, 6) is -0.833. The second-order valence-corrected chi connectivity index (χ2v) is 6.34. The monoisotopic (exact) mass is 302 g/mol. The van der Waals surface area contributed by atoms with E-state index in [0.717, 1.165) is 37.6 Å². The molecule has 2 aromatic rings. The van der Waals surface area contributed by atoms with E-state index in [1.165, 1.54) is 17.0 Å². The second kappa shape index (κ2) is 6.28. The molecule has 1 aliphatic rings. The molecule has 0 unspecified atom stereocenters. The average molecular weight is 302 g/mol. The van der Waals surface area contributed by atoms with Crippen molar-refractivity contribution in [1.82, 2.24) is 4.90 Å². The number of anilines is 1. The Morgan fingerprint density at radius 3 is 2.38 bits per heavy atom. The predicted octanol–water partition coefficient (Wildman–Crippen LogP) is 2.77. The van der Waals surface area contributed by atoms with Gasteiger partial charge in [0.15, 0.2) is 0 Å². The summed E-state index contributed by atoms with van der Waals surface area (Å²) < 4.78 is 0. The second-order valence-electron chi connectivity index (χ2n) is 5.17. The quantitative estimate of drug-likeness (QED) is 0.943. The number of carboxylic acid groups (broad SMARTS) is 1. The molecule has 0 atom stereocenters. The molecule has 21 heavy (non-hydrogen) atoms. The fourth-order valence-electron chi connectivity index (χ4n) is 2.60. The Morgan fingerprint density at radius 1 is 1.05 bits per heavy atom. The molecular formula is C16H18N2O2S. The van der Waals surface area contributed by atoms with Crippen LogP contribution >= 0.6 is 11.3 Å². The average Bonchev–Trinajstić information content (AvgIpc) is 2.98. The van der Waals surface area contributed by atoms with E-state index in [0.29, 0.717) is 4.88 Å². The van der Waals surface area contributed by atoms with Gasteiger partial charge in [-0.25, -0.2) is 4.79 Å². The minimum Gasteiger partial charge on any atom is -0.477 e. The number of carbonyl (C=O) groups is 1. The highest BCUT2D eigenvalue weighted by Crippen LogP contribution is 2.20. The van der Waals surface area contributed by atoms with Gasteiger partial charge >= 0.3 is 5.97 Å². The lowest BCUT2D eigenvalue weighted by Crippen LogP contribution is -2.45. The molecule has 110 valence electrons. The number of benzene rings is 1. The summed E-state index contributed by atoms with van der Waals surface area (Å²) in [6.45, 7) is 4.90. The number of rotatable bonds is 4. The SMILES string of the molecule is O=C(O)c1ccc(CN2CCN(c3ccccc3)CC2)s1. The Balaban J connectivity index is 1.55. The molecule has 3 rings (SSSR count). The summed E-state index contributed by atoms with van der Waals surface area (Å²) in [6, 6.07) is 14.1.